The van der Waals surface area contributed by atoms with Crippen LogP contribution >= 0.6 is 25.8 Å². The Hall–Kier alpha value is -1.48. The molecule has 4 aromatic carbocycles. The summed E-state index contributed by atoms with van der Waals surface area (Å²) in [5, 5.41) is 4.10. The molecule has 4 aliphatic heterocycles. The highest BCUT2D eigenvalue weighted by Crippen LogP contribution is 2.74. The van der Waals surface area contributed by atoms with Crippen molar-refractivity contribution < 1.29 is 58.4 Å². The first-order valence-electron chi connectivity index (χ1n) is 29.2. The highest BCUT2D eigenvalue weighted by molar-refractivity contribution is 7.69. The van der Waals surface area contributed by atoms with Gasteiger partial charge in [-0.1, -0.05) is 218 Å². The molecule has 13 nitrogen and oxygen atoms in total. The zero-order valence-corrected chi connectivity index (χ0v) is 58.3. The van der Waals surface area contributed by atoms with Crippen LogP contribution in [0, 0.1) is 5.92 Å². The average Bonchev–Trinajstić information content (AvgIpc) is 4.17. The van der Waals surface area contributed by atoms with Crippen LogP contribution in [0.3, 0.4) is 0 Å². The van der Waals surface area contributed by atoms with Crippen LogP contribution in [-0.4, -0.2) is 115 Å². The minimum absolute atomic E-state index is 0.0294. The second-order valence-electron chi connectivity index (χ2n) is 27.4. The molecular formula is C61H95O13P3Si4. The van der Waals surface area contributed by atoms with Gasteiger partial charge in [-0.25, -0.2) is 12.9 Å². The number of benzene rings is 4. The second-order valence-corrected chi connectivity index (χ2v) is 49.5. The number of ether oxygens (including phenoxy) is 3. The van der Waals surface area contributed by atoms with E-state index in [-0.39, 0.29) is 44.9 Å². The fourth-order valence-electron chi connectivity index (χ4n) is 11.1. The van der Waals surface area contributed by atoms with Gasteiger partial charge in [-0.2, -0.15) is 0 Å². The van der Waals surface area contributed by atoms with E-state index in [0.717, 1.165) is 0 Å². The smallest absolute Gasteiger partial charge is 0.347 e. The summed E-state index contributed by atoms with van der Waals surface area (Å²) in [6, 6.07) is 42.7. The molecule has 448 valence electrons. The highest BCUT2D eigenvalue weighted by Gasteiger charge is 2.57. The first-order chi connectivity index (χ1) is 38.0. The molecule has 4 fully saturated rings. The van der Waals surface area contributed by atoms with E-state index in [2.05, 4.69) is 244 Å². The van der Waals surface area contributed by atoms with Crippen LogP contribution in [0.2, 0.25) is 46.3 Å². The van der Waals surface area contributed by atoms with Gasteiger partial charge in [0.25, 0.3) is 16.6 Å². The normalized spacial score (nSPS) is 28.4. The summed E-state index contributed by atoms with van der Waals surface area (Å²) < 4.78 is 91.4. The van der Waals surface area contributed by atoms with Gasteiger partial charge in [-0.15, -0.1) is 0 Å². The van der Waals surface area contributed by atoms with Gasteiger partial charge in [0.15, 0.2) is 16.6 Å². The van der Waals surface area contributed by atoms with Crippen molar-refractivity contribution in [3.8, 4) is 0 Å². The maximum atomic E-state index is 7.58. The molecule has 4 saturated heterocycles. The Labute approximate surface area is 494 Å². The van der Waals surface area contributed by atoms with Crippen molar-refractivity contribution in [2.75, 3.05) is 33.0 Å². The molecule has 20 heteroatoms. The van der Waals surface area contributed by atoms with Crippen LogP contribution in [0.4, 0.5) is 0 Å². The zero-order valence-electron chi connectivity index (χ0n) is 51.6. The second kappa shape index (κ2) is 26.5. The molecule has 8 rings (SSSR count). The summed E-state index contributed by atoms with van der Waals surface area (Å²) in [6.45, 7) is 42.2. The molecule has 0 aliphatic carbocycles. The van der Waals surface area contributed by atoms with Gasteiger partial charge in [-0.3, -0.25) is 0 Å². The molecule has 4 heterocycles. The number of rotatable bonds is 21. The molecule has 0 radical (unpaired) electrons. The Morgan fingerprint density at radius 3 is 1.04 bits per heavy atom. The summed E-state index contributed by atoms with van der Waals surface area (Å²) in [6.07, 6.45) is -2.96. The van der Waals surface area contributed by atoms with Crippen LogP contribution < -0.4 is 20.7 Å². The summed E-state index contributed by atoms with van der Waals surface area (Å²) in [5.41, 5.74) is 0. The van der Waals surface area contributed by atoms with Gasteiger partial charge in [0.1, 0.15) is 24.4 Å². The van der Waals surface area contributed by atoms with Crippen LogP contribution in [0.25, 0.3) is 0 Å². The fourth-order valence-corrected chi connectivity index (χ4v) is 27.7. The van der Waals surface area contributed by atoms with E-state index in [1.165, 1.54) is 20.7 Å². The van der Waals surface area contributed by atoms with Crippen LogP contribution in [0.5, 0.6) is 0 Å². The third kappa shape index (κ3) is 14.6. The summed E-state index contributed by atoms with van der Waals surface area (Å²) in [7, 11) is -17.2. The van der Waals surface area contributed by atoms with Crippen molar-refractivity contribution in [1.29, 1.82) is 0 Å². The zero-order chi connectivity index (χ0) is 58.8. The number of hydrogen-bond donors (Lipinski definition) is 0. The molecule has 0 bridgehead atoms. The Morgan fingerprint density at radius 1 is 0.420 bits per heavy atom. The lowest BCUT2D eigenvalue weighted by atomic mass is 10.1. The van der Waals surface area contributed by atoms with Crippen LogP contribution in [0.1, 0.15) is 103 Å². The predicted molar refractivity (Wildman–Crippen MR) is 339 cm³/mol. The molecule has 81 heavy (non-hydrogen) atoms. The molecule has 0 aromatic heterocycles. The Bertz CT molecular complexity index is 2510. The molecule has 12 atom stereocenters. The van der Waals surface area contributed by atoms with Crippen molar-refractivity contribution in [1.82, 2.24) is 0 Å². The molecule has 0 N–H and O–H groups in total. The first-order valence-corrected chi connectivity index (χ1v) is 42.1. The van der Waals surface area contributed by atoms with E-state index in [1.54, 1.807) is 0 Å². The Morgan fingerprint density at radius 2 is 0.716 bits per heavy atom. The maximum Gasteiger partial charge on any atom is 0.347 e. The van der Waals surface area contributed by atoms with Gasteiger partial charge in [-0.05, 0) is 73.5 Å². The summed E-state index contributed by atoms with van der Waals surface area (Å²) in [4.78, 5) is 0. The maximum absolute atomic E-state index is 7.58. The average molecular weight is 1240 g/mol. The van der Waals surface area contributed by atoms with Gasteiger partial charge < -0.3 is 45.5 Å². The number of hydrogen-bond acceptors (Lipinski definition) is 13. The SMILES string of the molecule is CC[C@H]1OC[C@@H](O[Si](C)(C)C(C)(C)C)C1OP1OP(OC2[C@H](C)CO[C@@H]2CO[Si](c2ccccc2)(c2ccccc2)C(C)(C)C)OP(OC2[C@@H](CO[Si](c3ccccc3)(c3ccccc3)C(C)(C)C)OC[C@H]2O[Si](C)(C)C(C)(C)C)O1. The van der Waals surface area contributed by atoms with Crippen molar-refractivity contribution in [3.05, 3.63) is 121 Å². The van der Waals surface area contributed by atoms with Crippen molar-refractivity contribution in [3.63, 3.8) is 0 Å². The molecule has 4 aliphatic rings. The van der Waals surface area contributed by atoms with Crippen molar-refractivity contribution >= 4 is 79.8 Å². The van der Waals surface area contributed by atoms with Gasteiger partial charge in [0, 0.05) is 5.92 Å². The van der Waals surface area contributed by atoms with E-state index in [4.69, 9.17) is 58.4 Å². The fraction of sp³-hybridized carbons (Fsp3) is 0.607. The topological polar surface area (TPSA) is 120 Å². The van der Waals surface area contributed by atoms with Gasteiger partial charge in [0.2, 0.25) is 0 Å². The summed E-state index contributed by atoms with van der Waals surface area (Å²) in [5.74, 6) is -0.0294. The molecule has 0 saturated carbocycles. The highest BCUT2D eigenvalue weighted by atomic mass is 31.3. The molecular weight excluding hydrogens is 1150 g/mol. The van der Waals surface area contributed by atoms with E-state index < -0.39 is 95.7 Å². The minimum Gasteiger partial charge on any atom is -0.409 e. The van der Waals surface area contributed by atoms with Crippen molar-refractivity contribution in [2.45, 2.75) is 199 Å². The molecule has 0 spiro atoms. The minimum atomic E-state index is -3.01. The van der Waals surface area contributed by atoms with E-state index in [1.807, 2.05) is 0 Å². The molecule has 0 amide bonds. The van der Waals surface area contributed by atoms with Crippen LogP contribution in [-0.2, 0) is 58.4 Å². The third-order valence-corrected chi connectivity index (χ3v) is 41.1. The van der Waals surface area contributed by atoms with Gasteiger partial charge >= 0.3 is 25.8 Å². The predicted octanol–water partition coefficient (Wildman–Crippen LogP) is 14.1. The quantitative estimate of drug-likeness (QED) is 0.0582. The summed E-state index contributed by atoms with van der Waals surface area (Å²) >= 11 is 0. The lowest BCUT2D eigenvalue weighted by molar-refractivity contribution is -0.00370. The monoisotopic (exact) mass is 1240 g/mol. The lowest BCUT2D eigenvalue weighted by Crippen LogP contribution is -2.67. The largest absolute Gasteiger partial charge is 0.409 e. The Kier molecular flexibility index (Phi) is 21.4. The molecule has 6 unspecified atom stereocenters. The van der Waals surface area contributed by atoms with Gasteiger partial charge in [0.05, 0.1) is 57.5 Å². The Balaban J connectivity index is 1.13. The van der Waals surface area contributed by atoms with Crippen molar-refractivity contribution in [2.24, 2.45) is 5.92 Å². The first kappa shape index (κ1) is 65.5. The lowest BCUT2D eigenvalue weighted by Gasteiger charge is -2.44. The van der Waals surface area contributed by atoms with E-state index in [0.29, 0.717) is 32.8 Å². The van der Waals surface area contributed by atoms with E-state index >= 15 is 0 Å². The third-order valence-electron chi connectivity index (χ3n) is 17.6. The standard InChI is InChI=1S/C61H95O13P3Si4/c1-19-50-56(53(41-63-50)70-78(15,16)58(3,4)5)68-76-72-75(67-55-45(2)40-62-51(55)43-65-80(60(9,10)11,46-32-24-20-25-33-46)47-34-26-21-27-35-47)73-77(74-76)69-57-52(64-42-54(57)71-79(17,18)59(6,7)8)44-66-81(61(12,13)14,48-36-28-22-29-37-48)49-38-30-23-31-39-49/h20-39,45,50-57H,19,40-44H2,1-18H3/t45-,50-,51-,52-,53-,54-,55?,56?,57?,75?,76?,77?/m1/s1. The molecule has 4 aromatic rings. The van der Waals surface area contributed by atoms with E-state index in [9.17, 15) is 0 Å². The van der Waals surface area contributed by atoms with Crippen LogP contribution in [0.15, 0.2) is 121 Å².